The lowest BCUT2D eigenvalue weighted by Crippen LogP contribution is -2.39. The largest absolute Gasteiger partial charge is 0.351 e. The van der Waals surface area contributed by atoms with Gasteiger partial charge in [0.15, 0.2) is 0 Å². The van der Waals surface area contributed by atoms with Gasteiger partial charge in [-0.05, 0) is 55.9 Å². The van der Waals surface area contributed by atoms with E-state index in [-0.39, 0.29) is 6.04 Å². The minimum atomic E-state index is -3.37. The summed E-state index contributed by atoms with van der Waals surface area (Å²) in [4.78, 5) is 9.49. The van der Waals surface area contributed by atoms with Crippen LogP contribution in [0.15, 0.2) is 54.6 Å². The van der Waals surface area contributed by atoms with Gasteiger partial charge >= 0.3 is 0 Å². The molecule has 1 aromatic heterocycles. The van der Waals surface area contributed by atoms with Crippen LogP contribution in [0.5, 0.6) is 0 Å². The van der Waals surface area contributed by atoms with Gasteiger partial charge in [0.25, 0.3) is 10.2 Å². The molecule has 0 bridgehead atoms. The molecule has 1 fully saturated rings. The van der Waals surface area contributed by atoms with E-state index in [0.717, 1.165) is 48.1 Å². The first-order valence-electron chi connectivity index (χ1n) is 10.9. The van der Waals surface area contributed by atoms with Crippen LogP contribution in [0.2, 0.25) is 0 Å². The standard InChI is InChI=1S/C23H30N6O2S/c1-29(2)32(30,31)24-16-17-12-14-19(15-13-17)26-23-27-21-11-7-6-10-20(21)22(28-23)25-18-8-4-3-5-9-18/h3-11,17,19,24H,12-16H2,1-2H3,(H2,25,26,27,28). The summed E-state index contributed by atoms with van der Waals surface area (Å²) in [6.45, 7) is 0.477. The average molecular weight is 455 g/mol. The number of hydrogen-bond acceptors (Lipinski definition) is 6. The molecule has 0 saturated heterocycles. The Labute approximate surface area is 189 Å². The lowest BCUT2D eigenvalue weighted by atomic mass is 9.86. The molecule has 0 spiro atoms. The zero-order valence-corrected chi connectivity index (χ0v) is 19.3. The van der Waals surface area contributed by atoms with Crippen LogP contribution in [0.3, 0.4) is 0 Å². The van der Waals surface area contributed by atoms with E-state index in [0.29, 0.717) is 18.4 Å². The summed E-state index contributed by atoms with van der Waals surface area (Å²) >= 11 is 0. The Morgan fingerprint density at radius 2 is 1.62 bits per heavy atom. The topological polar surface area (TPSA) is 99.3 Å². The second-order valence-corrected chi connectivity index (χ2v) is 10.4. The fourth-order valence-electron chi connectivity index (χ4n) is 3.94. The highest BCUT2D eigenvalue weighted by atomic mass is 32.2. The minimum Gasteiger partial charge on any atom is -0.351 e. The molecule has 0 amide bonds. The predicted octanol–water partition coefficient (Wildman–Crippen LogP) is 3.74. The van der Waals surface area contributed by atoms with Gasteiger partial charge in [-0.3, -0.25) is 0 Å². The Kier molecular flexibility index (Phi) is 6.88. The minimum absolute atomic E-state index is 0.266. The Morgan fingerprint density at radius 3 is 2.34 bits per heavy atom. The van der Waals surface area contributed by atoms with Crippen LogP contribution in [-0.2, 0) is 10.2 Å². The van der Waals surface area contributed by atoms with Crippen molar-refractivity contribution in [2.75, 3.05) is 31.3 Å². The molecule has 0 radical (unpaired) electrons. The number of nitrogens with zero attached hydrogens (tertiary/aromatic N) is 3. The number of fused-ring (bicyclic) bond motifs is 1. The zero-order chi connectivity index (χ0) is 22.6. The molecule has 9 heteroatoms. The van der Waals surface area contributed by atoms with E-state index in [2.05, 4.69) is 15.4 Å². The van der Waals surface area contributed by atoms with Crippen molar-refractivity contribution >= 4 is 38.6 Å². The van der Waals surface area contributed by atoms with Crippen molar-refractivity contribution in [1.82, 2.24) is 19.0 Å². The molecule has 2 aromatic carbocycles. The van der Waals surface area contributed by atoms with Crippen molar-refractivity contribution in [1.29, 1.82) is 0 Å². The molecule has 0 aliphatic heterocycles. The fraction of sp³-hybridized carbons (Fsp3) is 0.391. The fourth-order valence-corrected chi connectivity index (χ4v) is 4.64. The molecule has 3 N–H and O–H groups in total. The van der Waals surface area contributed by atoms with E-state index in [9.17, 15) is 8.42 Å². The molecular formula is C23H30N6O2S. The van der Waals surface area contributed by atoms with Gasteiger partial charge in [-0.15, -0.1) is 0 Å². The Balaban J connectivity index is 1.41. The monoisotopic (exact) mass is 454 g/mol. The summed E-state index contributed by atoms with van der Waals surface area (Å²) in [5, 5.41) is 7.88. The number of para-hydroxylation sites is 2. The highest BCUT2D eigenvalue weighted by Crippen LogP contribution is 2.28. The number of anilines is 3. The van der Waals surface area contributed by atoms with Gasteiger partial charge < -0.3 is 10.6 Å². The summed E-state index contributed by atoms with van der Waals surface area (Å²) < 4.78 is 27.8. The van der Waals surface area contributed by atoms with Crippen LogP contribution in [0.25, 0.3) is 10.9 Å². The van der Waals surface area contributed by atoms with Gasteiger partial charge in [-0.1, -0.05) is 30.3 Å². The summed E-state index contributed by atoms with van der Waals surface area (Å²) in [6.07, 6.45) is 3.81. The Hall–Kier alpha value is -2.75. The number of hydrogen-bond donors (Lipinski definition) is 3. The second-order valence-electron chi connectivity index (χ2n) is 8.40. The molecule has 8 nitrogen and oxygen atoms in total. The maximum Gasteiger partial charge on any atom is 0.278 e. The van der Waals surface area contributed by atoms with Crippen LogP contribution in [0.4, 0.5) is 17.5 Å². The third-order valence-electron chi connectivity index (χ3n) is 5.85. The molecule has 1 saturated carbocycles. The van der Waals surface area contributed by atoms with Gasteiger partial charge in [0.05, 0.1) is 5.52 Å². The van der Waals surface area contributed by atoms with Gasteiger partial charge in [0, 0.05) is 37.8 Å². The van der Waals surface area contributed by atoms with Crippen molar-refractivity contribution in [3.05, 3.63) is 54.6 Å². The first kappa shape index (κ1) is 22.4. The highest BCUT2D eigenvalue weighted by Gasteiger charge is 2.24. The highest BCUT2D eigenvalue weighted by molar-refractivity contribution is 7.87. The van der Waals surface area contributed by atoms with Gasteiger partial charge in [0.1, 0.15) is 5.82 Å². The average Bonchev–Trinajstić information content (AvgIpc) is 2.79. The molecule has 1 heterocycles. The molecule has 32 heavy (non-hydrogen) atoms. The van der Waals surface area contributed by atoms with Crippen LogP contribution in [0.1, 0.15) is 25.7 Å². The summed E-state index contributed by atoms with van der Waals surface area (Å²) in [6, 6.07) is 18.2. The molecule has 170 valence electrons. The Morgan fingerprint density at radius 1 is 0.938 bits per heavy atom. The van der Waals surface area contributed by atoms with Crippen molar-refractivity contribution in [3.8, 4) is 0 Å². The van der Waals surface area contributed by atoms with Gasteiger partial charge in [-0.2, -0.15) is 17.7 Å². The number of rotatable bonds is 8. The summed E-state index contributed by atoms with van der Waals surface area (Å²) in [7, 11) is -0.300. The maximum atomic E-state index is 11.9. The third kappa shape index (κ3) is 5.53. The van der Waals surface area contributed by atoms with Crippen LogP contribution in [-0.4, -0.2) is 49.4 Å². The number of aromatic nitrogens is 2. The molecule has 3 aromatic rings. The molecule has 0 atom stereocenters. The van der Waals surface area contributed by atoms with Crippen molar-refractivity contribution in [3.63, 3.8) is 0 Å². The Bertz CT molecular complexity index is 1150. The summed E-state index contributed by atoms with van der Waals surface area (Å²) in [5.41, 5.74) is 1.86. The van der Waals surface area contributed by atoms with E-state index in [1.165, 1.54) is 18.4 Å². The first-order chi connectivity index (χ1) is 15.4. The third-order valence-corrected chi connectivity index (χ3v) is 7.35. The first-order valence-corrected chi connectivity index (χ1v) is 12.4. The van der Waals surface area contributed by atoms with E-state index < -0.39 is 10.2 Å². The maximum absolute atomic E-state index is 11.9. The van der Waals surface area contributed by atoms with Crippen LogP contribution in [0, 0.1) is 5.92 Å². The smallest absolute Gasteiger partial charge is 0.278 e. The molecule has 0 unspecified atom stereocenters. The number of benzene rings is 2. The lowest BCUT2D eigenvalue weighted by Gasteiger charge is -2.29. The van der Waals surface area contributed by atoms with Gasteiger partial charge in [-0.25, -0.2) is 9.71 Å². The SMILES string of the molecule is CN(C)S(=O)(=O)NCC1CCC(Nc2nc(Nc3ccccc3)c3ccccc3n2)CC1. The lowest BCUT2D eigenvalue weighted by molar-refractivity contribution is 0.334. The van der Waals surface area contributed by atoms with Crippen LogP contribution >= 0.6 is 0 Å². The van der Waals surface area contributed by atoms with Crippen molar-refractivity contribution < 1.29 is 8.42 Å². The molecule has 4 rings (SSSR count). The van der Waals surface area contributed by atoms with E-state index in [1.807, 2.05) is 54.6 Å². The quantitative estimate of drug-likeness (QED) is 0.480. The van der Waals surface area contributed by atoms with Crippen LogP contribution < -0.4 is 15.4 Å². The predicted molar refractivity (Wildman–Crippen MR) is 129 cm³/mol. The second kappa shape index (κ2) is 9.81. The number of nitrogens with one attached hydrogen (secondary N) is 3. The van der Waals surface area contributed by atoms with E-state index in [4.69, 9.17) is 9.97 Å². The molecule has 1 aliphatic carbocycles. The van der Waals surface area contributed by atoms with E-state index in [1.54, 1.807) is 0 Å². The normalized spacial score (nSPS) is 19.2. The summed E-state index contributed by atoms with van der Waals surface area (Å²) in [5.74, 6) is 1.73. The van der Waals surface area contributed by atoms with E-state index >= 15 is 0 Å². The zero-order valence-electron chi connectivity index (χ0n) is 18.5. The van der Waals surface area contributed by atoms with Crippen molar-refractivity contribution in [2.45, 2.75) is 31.7 Å². The van der Waals surface area contributed by atoms with Gasteiger partial charge in [0.2, 0.25) is 5.95 Å². The molecular weight excluding hydrogens is 424 g/mol. The molecule has 1 aliphatic rings. The van der Waals surface area contributed by atoms with Crippen molar-refractivity contribution in [2.24, 2.45) is 5.92 Å².